The maximum atomic E-state index is 5.88. The van der Waals surface area contributed by atoms with E-state index in [4.69, 9.17) is 15.0 Å². The van der Waals surface area contributed by atoms with Gasteiger partial charge in [0.15, 0.2) is 5.82 Å². The second-order valence-electron chi connectivity index (χ2n) is 4.70. The molecule has 5 nitrogen and oxygen atoms in total. The molecule has 1 aromatic rings. The second kappa shape index (κ2) is 5.60. The Bertz CT molecular complexity index is 345. The minimum Gasteiger partial charge on any atom is -0.371 e. The predicted molar refractivity (Wildman–Crippen MR) is 63.5 cm³/mol. The molecule has 1 fully saturated rings. The summed E-state index contributed by atoms with van der Waals surface area (Å²) in [6, 6.07) is 0.344. The van der Waals surface area contributed by atoms with Gasteiger partial charge in [0, 0.05) is 18.6 Å². The van der Waals surface area contributed by atoms with Crippen molar-refractivity contribution in [2.75, 3.05) is 6.61 Å². The van der Waals surface area contributed by atoms with Gasteiger partial charge in [0.2, 0.25) is 5.89 Å². The molecule has 0 amide bonds. The van der Waals surface area contributed by atoms with E-state index in [1.165, 1.54) is 0 Å². The van der Waals surface area contributed by atoms with Gasteiger partial charge in [-0.05, 0) is 39.5 Å². The Morgan fingerprint density at radius 1 is 1.41 bits per heavy atom. The van der Waals surface area contributed by atoms with Crippen molar-refractivity contribution in [3.63, 3.8) is 0 Å². The van der Waals surface area contributed by atoms with Gasteiger partial charge in [0.05, 0.1) is 0 Å². The average molecular weight is 239 g/mol. The van der Waals surface area contributed by atoms with Gasteiger partial charge < -0.3 is 15.0 Å². The summed E-state index contributed by atoms with van der Waals surface area (Å²) in [6.45, 7) is 4.55. The zero-order valence-corrected chi connectivity index (χ0v) is 10.6. The second-order valence-corrected chi connectivity index (χ2v) is 4.70. The maximum absolute atomic E-state index is 5.88. The van der Waals surface area contributed by atoms with E-state index in [2.05, 4.69) is 10.1 Å². The molecule has 0 radical (unpaired) electrons. The molecular weight excluding hydrogens is 218 g/mol. The molecule has 0 spiro atoms. The average Bonchev–Trinajstić information content (AvgIpc) is 2.80. The number of hydrogen-bond acceptors (Lipinski definition) is 5. The smallest absolute Gasteiger partial charge is 0.229 e. The first-order chi connectivity index (χ1) is 8.20. The zero-order valence-electron chi connectivity index (χ0n) is 10.6. The van der Waals surface area contributed by atoms with Crippen LogP contribution in [0, 0.1) is 0 Å². The van der Waals surface area contributed by atoms with Crippen LogP contribution in [-0.2, 0) is 4.74 Å². The van der Waals surface area contributed by atoms with Gasteiger partial charge >= 0.3 is 0 Å². The fraction of sp³-hybridized carbons (Fsp3) is 0.833. The third-order valence-electron chi connectivity index (χ3n) is 3.36. The Kier molecular flexibility index (Phi) is 4.12. The zero-order chi connectivity index (χ0) is 12.3. The van der Waals surface area contributed by atoms with E-state index in [1.54, 1.807) is 0 Å². The highest BCUT2D eigenvalue weighted by molar-refractivity contribution is 4.98. The molecule has 1 heterocycles. The van der Waals surface area contributed by atoms with Gasteiger partial charge in [-0.1, -0.05) is 5.16 Å². The number of hydrogen-bond donors (Lipinski definition) is 1. The molecule has 1 saturated carbocycles. The highest BCUT2D eigenvalue weighted by atomic mass is 16.5. The summed E-state index contributed by atoms with van der Waals surface area (Å²) in [6.07, 6.45) is 4.09. The van der Waals surface area contributed by atoms with Crippen LogP contribution in [0.3, 0.4) is 0 Å². The molecule has 0 bridgehead atoms. The molecule has 0 saturated heterocycles. The molecule has 1 aliphatic carbocycles. The van der Waals surface area contributed by atoms with E-state index >= 15 is 0 Å². The summed E-state index contributed by atoms with van der Waals surface area (Å²) < 4.78 is 10.8. The number of ether oxygens (including phenoxy) is 1. The standard InChI is InChI=1S/C12H21N3O2/c1-3-16-8(2)11-14-12(17-15-11)9-4-6-10(13)7-5-9/h8-10H,3-7,13H2,1-2H3. The quantitative estimate of drug-likeness (QED) is 0.871. The van der Waals surface area contributed by atoms with Gasteiger partial charge in [0.1, 0.15) is 6.10 Å². The molecule has 5 heteroatoms. The molecule has 1 aliphatic rings. The molecule has 1 atom stereocenters. The predicted octanol–water partition coefficient (Wildman–Crippen LogP) is 2.15. The summed E-state index contributed by atoms with van der Waals surface area (Å²) in [5, 5.41) is 3.99. The summed E-state index contributed by atoms with van der Waals surface area (Å²) >= 11 is 0. The lowest BCUT2D eigenvalue weighted by molar-refractivity contribution is 0.0683. The highest BCUT2D eigenvalue weighted by Gasteiger charge is 2.25. The van der Waals surface area contributed by atoms with Crippen LogP contribution in [-0.4, -0.2) is 22.8 Å². The first kappa shape index (κ1) is 12.5. The molecule has 0 aliphatic heterocycles. The van der Waals surface area contributed by atoms with E-state index in [1.807, 2.05) is 13.8 Å². The minimum atomic E-state index is -0.0941. The van der Waals surface area contributed by atoms with Crippen LogP contribution in [0.4, 0.5) is 0 Å². The van der Waals surface area contributed by atoms with E-state index < -0.39 is 0 Å². The third kappa shape index (κ3) is 3.04. The van der Waals surface area contributed by atoms with E-state index in [-0.39, 0.29) is 6.10 Å². The van der Waals surface area contributed by atoms with Crippen molar-refractivity contribution < 1.29 is 9.26 Å². The molecule has 2 N–H and O–H groups in total. The van der Waals surface area contributed by atoms with Gasteiger partial charge in [-0.25, -0.2) is 0 Å². The Labute approximate surface area is 102 Å². The molecule has 17 heavy (non-hydrogen) atoms. The van der Waals surface area contributed by atoms with Crippen molar-refractivity contribution in [3.8, 4) is 0 Å². The third-order valence-corrected chi connectivity index (χ3v) is 3.36. The summed E-state index contributed by atoms with van der Waals surface area (Å²) in [7, 11) is 0. The van der Waals surface area contributed by atoms with E-state index in [9.17, 15) is 0 Å². The number of nitrogens with two attached hydrogens (primary N) is 1. The first-order valence-electron chi connectivity index (χ1n) is 6.41. The lowest BCUT2D eigenvalue weighted by atomic mass is 9.86. The lowest BCUT2D eigenvalue weighted by Gasteiger charge is -2.22. The normalized spacial score (nSPS) is 27.0. The van der Waals surface area contributed by atoms with Crippen LogP contribution in [0.25, 0.3) is 0 Å². The fourth-order valence-electron chi connectivity index (χ4n) is 2.27. The number of aromatic nitrogens is 2. The van der Waals surface area contributed by atoms with Crippen LogP contribution in [0.2, 0.25) is 0 Å². The highest BCUT2D eigenvalue weighted by Crippen LogP contribution is 2.31. The van der Waals surface area contributed by atoms with Crippen LogP contribution in [0.1, 0.15) is 63.3 Å². The Hall–Kier alpha value is -0.940. The van der Waals surface area contributed by atoms with Crippen LogP contribution < -0.4 is 5.73 Å². The first-order valence-corrected chi connectivity index (χ1v) is 6.41. The van der Waals surface area contributed by atoms with Gasteiger partial charge in [0.25, 0.3) is 0 Å². The number of rotatable bonds is 4. The fourth-order valence-corrected chi connectivity index (χ4v) is 2.27. The van der Waals surface area contributed by atoms with Crippen molar-refractivity contribution >= 4 is 0 Å². The molecule has 0 aromatic carbocycles. The van der Waals surface area contributed by atoms with Crippen LogP contribution in [0.5, 0.6) is 0 Å². The topological polar surface area (TPSA) is 74.2 Å². The van der Waals surface area contributed by atoms with Crippen molar-refractivity contribution in [3.05, 3.63) is 11.7 Å². The van der Waals surface area contributed by atoms with Gasteiger partial charge in [-0.15, -0.1) is 0 Å². The Morgan fingerprint density at radius 2 is 2.12 bits per heavy atom. The molecule has 1 aromatic heterocycles. The minimum absolute atomic E-state index is 0.0941. The van der Waals surface area contributed by atoms with E-state index in [0.29, 0.717) is 24.4 Å². The monoisotopic (exact) mass is 239 g/mol. The molecule has 96 valence electrons. The van der Waals surface area contributed by atoms with Crippen LogP contribution in [0.15, 0.2) is 4.52 Å². The summed E-state index contributed by atoms with van der Waals surface area (Å²) in [4.78, 5) is 4.43. The SMILES string of the molecule is CCOC(C)c1noc(C2CCC(N)CC2)n1. The van der Waals surface area contributed by atoms with Crippen molar-refractivity contribution in [2.45, 2.75) is 57.6 Å². The largest absolute Gasteiger partial charge is 0.371 e. The van der Waals surface area contributed by atoms with Crippen LogP contribution >= 0.6 is 0 Å². The number of nitrogens with zero attached hydrogens (tertiary/aromatic N) is 2. The Balaban J connectivity index is 1.98. The molecular formula is C12H21N3O2. The maximum Gasteiger partial charge on any atom is 0.229 e. The van der Waals surface area contributed by atoms with E-state index in [0.717, 1.165) is 31.6 Å². The lowest BCUT2D eigenvalue weighted by Crippen LogP contribution is -2.25. The summed E-state index contributed by atoms with van der Waals surface area (Å²) in [5.74, 6) is 1.78. The molecule has 2 rings (SSSR count). The van der Waals surface area contributed by atoms with Crippen molar-refractivity contribution in [2.24, 2.45) is 5.73 Å². The van der Waals surface area contributed by atoms with Gasteiger partial charge in [-0.3, -0.25) is 0 Å². The Morgan fingerprint density at radius 3 is 2.76 bits per heavy atom. The molecule has 1 unspecified atom stereocenters. The van der Waals surface area contributed by atoms with Gasteiger partial charge in [-0.2, -0.15) is 4.98 Å². The van der Waals surface area contributed by atoms with Crippen molar-refractivity contribution in [1.82, 2.24) is 10.1 Å². The van der Waals surface area contributed by atoms with Crippen molar-refractivity contribution in [1.29, 1.82) is 0 Å². The summed E-state index contributed by atoms with van der Waals surface area (Å²) in [5.41, 5.74) is 5.88.